The van der Waals surface area contributed by atoms with Crippen LogP contribution in [0.15, 0.2) is 97.1 Å². The van der Waals surface area contributed by atoms with Crippen molar-refractivity contribution in [1.29, 1.82) is 0 Å². The third-order valence-electron chi connectivity index (χ3n) is 5.22. The van der Waals surface area contributed by atoms with Gasteiger partial charge in [0.2, 0.25) is 0 Å². The molecule has 0 fully saturated rings. The molecule has 37 heavy (non-hydrogen) atoms. The normalized spacial score (nSPS) is 10.7. The Kier molecular flexibility index (Phi) is 8.53. The Morgan fingerprint density at radius 2 is 0.514 bits per heavy atom. The van der Waals surface area contributed by atoms with Gasteiger partial charge in [0, 0.05) is 0 Å². The van der Waals surface area contributed by atoms with Crippen molar-refractivity contribution >= 4 is 14.6 Å². The summed E-state index contributed by atoms with van der Waals surface area (Å²) in [5, 5.41) is 0. The van der Waals surface area contributed by atoms with E-state index in [2.05, 4.69) is 0 Å². The number of rotatable bonds is 12. The van der Waals surface area contributed by atoms with Crippen molar-refractivity contribution in [2.75, 3.05) is 28.4 Å². The molecule has 0 atom stereocenters. The van der Waals surface area contributed by atoms with E-state index in [4.69, 9.17) is 34.0 Å². The first-order valence-electron chi connectivity index (χ1n) is 11.4. The Hall–Kier alpha value is -4.18. The number of methoxy groups -OCH3 is 4. The van der Waals surface area contributed by atoms with E-state index < -0.39 is 14.6 Å². The van der Waals surface area contributed by atoms with Crippen LogP contribution in [0.2, 0.25) is 0 Å². The summed E-state index contributed by atoms with van der Waals surface area (Å²) in [5.74, 6) is 3.44. The third-order valence-corrected chi connectivity index (χ3v) is 9.16. The third kappa shape index (κ3) is 6.15. The van der Waals surface area contributed by atoms with Gasteiger partial charge >= 0.3 is 220 Å². The Bertz CT molecular complexity index is 1110. The fraction of sp³-hybridized carbons (Fsp3) is 0.143. The maximum absolute atomic E-state index is 6.56. The molecule has 0 saturated heterocycles. The van der Waals surface area contributed by atoms with E-state index in [0.717, 1.165) is 0 Å². The van der Waals surface area contributed by atoms with E-state index in [0.29, 0.717) is 46.0 Å². The maximum atomic E-state index is 6.56. The van der Waals surface area contributed by atoms with E-state index in [1.54, 1.807) is 77.0 Å². The average molecular weight is 565 g/mol. The van der Waals surface area contributed by atoms with Crippen molar-refractivity contribution in [2.45, 2.75) is 0 Å². The monoisotopic (exact) mass is 566 g/mol. The Morgan fingerprint density at radius 3 is 0.703 bits per heavy atom. The molecule has 9 heteroatoms. The predicted octanol–water partition coefficient (Wildman–Crippen LogP) is 5.77. The van der Waals surface area contributed by atoms with E-state index in [9.17, 15) is 0 Å². The molecular formula is C28H28GeO8. The van der Waals surface area contributed by atoms with Gasteiger partial charge in [-0.3, -0.25) is 0 Å². The summed E-state index contributed by atoms with van der Waals surface area (Å²) in [6.45, 7) is 0. The molecule has 192 valence electrons. The molecule has 0 amide bonds. The van der Waals surface area contributed by atoms with Crippen LogP contribution in [0.4, 0.5) is 0 Å². The molecule has 4 aromatic rings. The van der Waals surface area contributed by atoms with Crippen molar-refractivity contribution in [1.82, 2.24) is 0 Å². The second-order valence-corrected chi connectivity index (χ2v) is 11.3. The molecule has 0 unspecified atom stereocenters. The second kappa shape index (κ2) is 12.2. The van der Waals surface area contributed by atoms with Gasteiger partial charge in [0.25, 0.3) is 0 Å². The number of para-hydroxylation sites is 8. The number of ether oxygens (including phenoxy) is 4. The van der Waals surface area contributed by atoms with Crippen molar-refractivity contribution in [3.8, 4) is 46.0 Å². The van der Waals surface area contributed by atoms with Crippen molar-refractivity contribution < 1.29 is 34.0 Å². The summed E-state index contributed by atoms with van der Waals surface area (Å²) in [7, 11) is 6.22. The van der Waals surface area contributed by atoms with Crippen LogP contribution in [-0.2, 0) is 0 Å². The van der Waals surface area contributed by atoms with E-state index in [1.807, 2.05) is 48.5 Å². The summed E-state index contributed by atoms with van der Waals surface area (Å²) in [6, 6.07) is 28.7. The van der Waals surface area contributed by atoms with E-state index in [1.165, 1.54) is 0 Å². The average Bonchev–Trinajstić information content (AvgIpc) is 2.94. The number of benzene rings is 4. The molecule has 0 heterocycles. The molecule has 0 aliphatic heterocycles. The summed E-state index contributed by atoms with van der Waals surface area (Å²) in [5.41, 5.74) is 0. The molecule has 0 radical (unpaired) electrons. The van der Waals surface area contributed by atoms with Crippen molar-refractivity contribution in [3.05, 3.63) is 97.1 Å². The molecule has 0 N–H and O–H groups in total. The summed E-state index contributed by atoms with van der Waals surface area (Å²) < 4.78 is 48.4. The molecular weight excluding hydrogens is 537 g/mol. The van der Waals surface area contributed by atoms with Gasteiger partial charge < -0.3 is 0 Å². The van der Waals surface area contributed by atoms with Crippen LogP contribution in [0, 0.1) is 0 Å². The molecule has 0 aliphatic carbocycles. The van der Waals surface area contributed by atoms with Gasteiger partial charge in [0.05, 0.1) is 0 Å². The zero-order valence-corrected chi connectivity index (χ0v) is 23.1. The van der Waals surface area contributed by atoms with Gasteiger partial charge in [-0.05, 0) is 0 Å². The van der Waals surface area contributed by atoms with Crippen LogP contribution in [-0.4, -0.2) is 43.1 Å². The molecule has 8 nitrogen and oxygen atoms in total. The van der Waals surface area contributed by atoms with E-state index >= 15 is 0 Å². The number of hydrogen-bond donors (Lipinski definition) is 0. The minimum absolute atomic E-state index is 0.379. The topological polar surface area (TPSA) is 73.8 Å². The van der Waals surface area contributed by atoms with Gasteiger partial charge in [-0.25, -0.2) is 0 Å². The Labute approximate surface area is 219 Å². The molecule has 0 aliphatic rings. The van der Waals surface area contributed by atoms with Gasteiger partial charge in [-0.2, -0.15) is 0 Å². The standard InChI is InChI=1S/C28H28GeO8/c1-30-21-13-5-9-17-25(21)34-29(35-26-18-10-6-14-22(26)31-2,36-27-19-11-7-15-23(27)32-3)37-28-20-12-8-16-24(28)33-4/h5-20H,1-4H3. The van der Waals surface area contributed by atoms with Crippen LogP contribution < -0.4 is 34.0 Å². The molecule has 0 spiro atoms. The van der Waals surface area contributed by atoms with Crippen LogP contribution in [0.1, 0.15) is 0 Å². The summed E-state index contributed by atoms with van der Waals surface area (Å²) >= 11 is -4.98. The minimum atomic E-state index is -4.98. The predicted molar refractivity (Wildman–Crippen MR) is 140 cm³/mol. The van der Waals surface area contributed by atoms with Crippen molar-refractivity contribution in [3.63, 3.8) is 0 Å². The van der Waals surface area contributed by atoms with Crippen LogP contribution in [0.25, 0.3) is 0 Å². The van der Waals surface area contributed by atoms with Gasteiger partial charge in [0.1, 0.15) is 0 Å². The van der Waals surface area contributed by atoms with Gasteiger partial charge in [-0.15, -0.1) is 0 Å². The van der Waals surface area contributed by atoms with Crippen LogP contribution in [0.5, 0.6) is 46.0 Å². The molecule has 0 saturated carbocycles. The zero-order valence-electron chi connectivity index (χ0n) is 21.0. The molecule has 0 bridgehead atoms. The fourth-order valence-corrected chi connectivity index (χ4v) is 7.68. The molecule has 0 aromatic heterocycles. The quantitative estimate of drug-likeness (QED) is 0.201. The molecule has 4 rings (SSSR count). The van der Waals surface area contributed by atoms with Gasteiger partial charge in [-0.1, -0.05) is 0 Å². The molecule has 4 aromatic carbocycles. The Balaban J connectivity index is 1.91. The van der Waals surface area contributed by atoms with Crippen LogP contribution in [0.3, 0.4) is 0 Å². The first-order valence-corrected chi connectivity index (χ1v) is 14.8. The number of hydrogen-bond acceptors (Lipinski definition) is 8. The second-order valence-electron chi connectivity index (χ2n) is 7.51. The fourth-order valence-electron chi connectivity index (χ4n) is 3.48. The first-order chi connectivity index (χ1) is 18.1. The van der Waals surface area contributed by atoms with Crippen molar-refractivity contribution in [2.24, 2.45) is 0 Å². The summed E-state index contributed by atoms with van der Waals surface area (Å²) in [6.07, 6.45) is 0. The van der Waals surface area contributed by atoms with Crippen LogP contribution >= 0.6 is 0 Å². The SMILES string of the molecule is COc1ccccc1[O][Ge]([O]c1ccccc1OC)([O]c1ccccc1OC)[O]c1ccccc1OC. The zero-order chi connectivity index (χ0) is 26.1. The van der Waals surface area contributed by atoms with Gasteiger partial charge in [0.15, 0.2) is 0 Å². The first kappa shape index (κ1) is 25.9. The summed E-state index contributed by atoms with van der Waals surface area (Å²) in [4.78, 5) is 0. The van der Waals surface area contributed by atoms with E-state index in [-0.39, 0.29) is 0 Å². The Morgan fingerprint density at radius 1 is 0.324 bits per heavy atom.